The second-order valence-corrected chi connectivity index (χ2v) is 3.75. The van der Waals surface area contributed by atoms with Gasteiger partial charge in [-0.3, -0.25) is 4.79 Å². The lowest BCUT2D eigenvalue weighted by Gasteiger charge is -2.01. The number of rotatable bonds is 1. The molecule has 0 unspecified atom stereocenters. The summed E-state index contributed by atoms with van der Waals surface area (Å²) in [6.45, 7) is 0. The Morgan fingerprint density at radius 3 is 2.86 bits per heavy atom. The van der Waals surface area contributed by atoms with Crippen molar-refractivity contribution in [3.8, 4) is 0 Å². The third-order valence-corrected chi connectivity index (χ3v) is 2.54. The zero-order valence-corrected chi connectivity index (χ0v) is 8.64. The van der Waals surface area contributed by atoms with Crippen LogP contribution in [0.25, 0.3) is 0 Å². The molecule has 1 aliphatic heterocycles. The van der Waals surface area contributed by atoms with E-state index in [4.69, 9.17) is 0 Å². The monoisotopic (exact) mass is 256 g/mol. The first kappa shape index (κ1) is 9.33. The number of carbonyl (C=O) groups excluding carboxylic acids is 1. The van der Waals surface area contributed by atoms with Gasteiger partial charge < -0.3 is 0 Å². The Balaban J connectivity index is 2.38. The third kappa shape index (κ3) is 1.68. The smallest absolute Gasteiger partial charge is 0.246 e. The number of amides is 1. The second-order valence-electron chi connectivity index (χ2n) is 2.89. The van der Waals surface area contributed by atoms with Gasteiger partial charge in [-0.1, -0.05) is 15.9 Å². The number of halogens is 2. The Morgan fingerprint density at radius 1 is 1.50 bits per heavy atom. The van der Waals surface area contributed by atoms with Crippen LogP contribution in [-0.4, -0.2) is 11.6 Å². The zero-order chi connectivity index (χ0) is 10.1. The molecule has 72 valence electrons. The summed E-state index contributed by atoms with van der Waals surface area (Å²) in [5.74, 6) is -0.463. The van der Waals surface area contributed by atoms with Crippen LogP contribution in [0.15, 0.2) is 27.8 Å². The van der Waals surface area contributed by atoms with Crippen LogP contribution < -0.4 is 5.43 Å². The van der Waals surface area contributed by atoms with Crippen molar-refractivity contribution >= 4 is 27.5 Å². The first-order valence-corrected chi connectivity index (χ1v) is 4.77. The molecule has 0 aliphatic carbocycles. The van der Waals surface area contributed by atoms with Gasteiger partial charge in [0, 0.05) is 10.0 Å². The number of hydrazone groups is 1. The van der Waals surface area contributed by atoms with Crippen LogP contribution in [0.4, 0.5) is 4.39 Å². The predicted octanol–water partition coefficient (Wildman–Crippen LogP) is 1.81. The van der Waals surface area contributed by atoms with Crippen molar-refractivity contribution in [2.24, 2.45) is 5.10 Å². The van der Waals surface area contributed by atoms with Gasteiger partial charge in [0.2, 0.25) is 5.91 Å². The van der Waals surface area contributed by atoms with E-state index in [0.29, 0.717) is 10.2 Å². The van der Waals surface area contributed by atoms with Crippen LogP contribution in [0.5, 0.6) is 0 Å². The minimum Gasteiger partial charge on any atom is -0.273 e. The van der Waals surface area contributed by atoms with Gasteiger partial charge in [-0.15, -0.1) is 0 Å². The molecule has 1 heterocycles. The van der Waals surface area contributed by atoms with Crippen molar-refractivity contribution in [1.29, 1.82) is 0 Å². The first-order chi connectivity index (χ1) is 6.66. The van der Waals surface area contributed by atoms with Crippen LogP contribution >= 0.6 is 15.9 Å². The standard InChI is InChI=1S/C9H6BrFN2O/c10-7-3-5(11)1-2-6(7)8-4-9(14)13-12-8/h1-3H,4H2,(H,13,14). The van der Waals surface area contributed by atoms with Gasteiger partial charge in [-0.05, 0) is 18.2 Å². The van der Waals surface area contributed by atoms with Gasteiger partial charge in [0.15, 0.2) is 0 Å². The van der Waals surface area contributed by atoms with E-state index in [9.17, 15) is 9.18 Å². The molecule has 1 aliphatic rings. The van der Waals surface area contributed by atoms with Crippen LogP contribution in [0.2, 0.25) is 0 Å². The summed E-state index contributed by atoms with van der Waals surface area (Å²) in [6, 6.07) is 4.28. The zero-order valence-electron chi connectivity index (χ0n) is 7.05. The Labute approximate surface area is 88.1 Å². The molecule has 1 N–H and O–H groups in total. The maximum absolute atomic E-state index is 12.8. The molecule has 0 saturated heterocycles. The van der Waals surface area contributed by atoms with Crippen molar-refractivity contribution in [3.05, 3.63) is 34.1 Å². The van der Waals surface area contributed by atoms with Gasteiger partial charge >= 0.3 is 0 Å². The lowest BCUT2D eigenvalue weighted by atomic mass is 10.1. The predicted molar refractivity (Wildman–Crippen MR) is 53.4 cm³/mol. The van der Waals surface area contributed by atoms with Crippen molar-refractivity contribution in [1.82, 2.24) is 5.43 Å². The Bertz CT molecular complexity index is 431. The van der Waals surface area contributed by atoms with E-state index in [1.54, 1.807) is 6.07 Å². The molecular formula is C9H6BrFN2O. The summed E-state index contributed by atoms with van der Waals surface area (Å²) in [5, 5.41) is 3.84. The number of nitrogens with one attached hydrogen (secondary N) is 1. The third-order valence-electron chi connectivity index (χ3n) is 1.89. The van der Waals surface area contributed by atoms with Crippen molar-refractivity contribution in [2.45, 2.75) is 6.42 Å². The summed E-state index contributed by atoms with van der Waals surface area (Å²) in [6.07, 6.45) is 0.240. The Morgan fingerprint density at radius 2 is 2.29 bits per heavy atom. The Kier molecular flexibility index (Phi) is 2.33. The van der Waals surface area contributed by atoms with Gasteiger partial charge in [0.05, 0.1) is 12.1 Å². The minimum absolute atomic E-state index is 0.142. The fraction of sp³-hybridized carbons (Fsp3) is 0.111. The van der Waals surface area contributed by atoms with E-state index in [-0.39, 0.29) is 18.1 Å². The molecule has 0 fully saturated rings. The number of carbonyl (C=O) groups is 1. The molecule has 0 atom stereocenters. The molecule has 0 spiro atoms. The largest absolute Gasteiger partial charge is 0.273 e. The molecule has 2 rings (SSSR count). The highest BCUT2D eigenvalue weighted by Crippen LogP contribution is 2.21. The maximum atomic E-state index is 12.8. The lowest BCUT2D eigenvalue weighted by Crippen LogP contribution is -2.09. The molecule has 3 nitrogen and oxygen atoms in total. The molecule has 1 aromatic rings. The number of hydrogen-bond donors (Lipinski definition) is 1. The van der Waals surface area contributed by atoms with E-state index < -0.39 is 0 Å². The summed E-state index contributed by atoms with van der Waals surface area (Å²) in [5.41, 5.74) is 3.71. The molecule has 14 heavy (non-hydrogen) atoms. The van der Waals surface area contributed by atoms with E-state index >= 15 is 0 Å². The average molecular weight is 257 g/mol. The molecular weight excluding hydrogens is 251 g/mol. The summed E-state index contributed by atoms with van der Waals surface area (Å²) < 4.78 is 13.4. The first-order valence-electron chi connectivity index (χ1n) is 3.97. The van der Waals surface area contributed by atoms with Crippen molar-refractivity contribution < 1.29 is 9.18 Å². The van der Waals surface area contributed by atoms with E-state index in [1.807, 2.05) is 0 Å². The van der Waals surface area contributed by atoms with E-state index in [1.165, 1.54) is 12.1 Å². The van der Waals surface area contributed by atoms with Crippen molar-refractivity contribution in [2.75, 3.05) is 0 Å². The highest BCUT2D eigenvalue weighted by molar-refractivity contribution is 9.10. The van der Waals surface area contributed by atoms with Crippen LogP contribution in [0.3, 0.4) is 0 Å². The molecule has 0 saturated carbocycles. The van der Waals surface area contributed by atoms with Gasteiger partial charge in [-0.25, -0.2) is 9.82 Å². The van der Waals surface area contributed by atoms with Crippen molar-refractivity contribution in [3.63, 3.8) is 0 Å². The average Bonchev–Trinajstić information content (AvgIpc) is 2.51. The van der Waals surface area contributed by atoms with Crippen LogP contribution in [0, 0.1) is 5.82 Å². The van der Waals surface area contributed by atoms with Crippen LogP contribution in [0.1, 0.15) is 12.0 Å². The van der Waals surface area contributed by atoms with Gasteiger partial charge in [0.1, 0.15) is 5.82 Å². The maximum Gasteiger partial charge on any atom is 0.246 e. The Hall–Kier alpha value is -1.23. The summed E-state index contributed by atoms with van der Waals surface area (Å²) >= 11 is 3.22. The topological polar surface area (TPSA) is 41.5 Å². The number of nitrogens with zero attached hydrogens (tertiary/aromatic N) is 1. The van der Waals surface area contributed by atoms with Crippen LogP contribution in [-0.2, 0) is 4.79 Å². The molecule has 5 heteroatoms. The number of hydrogen-bond acceptors (Lipinski definition) is 2. The van der Waals surface area contributed by atoms with E-state index in [0.717, 1.165) is 5.56 Å². The second kappa shape index (κ2) is 3.49. The van der Waals surface area contributed by atoms with Gasteiger partial charge in [-0.2, -0.15) is 5.10 Å². The molecule has 1 amide bonds. The summed E-state index contributed by atoms with van der Waals surface area (Å²) in [7, 11) is 0. The molecule has 0 aromatic heterocycles. The molecule has 0 bridgehead atoms. The SMILES string of the molecule is O=C1CC(c2ccc(F)cc2Br)=NN1. The highest BCUT2D eigenvalue weighted by Gasteiger charge is 2.18. The van der Waals surface area contributed by atoms with E-state index in [2.05, 4.69) is 26.5 Å². The van der Waals surface area contributed by atoms with Gasteiger partial charge in [0.25, 0.3) is 0 Å². The molecule has 0 radical (unpaired) electrons. The number of benzene rings is 1. The highest BCUT2D eigenvalue weighted by atomic mass is 79.9. The lowest BCUT2D eigenvalue weighted by molar-refractivity contribution is -0.119. The summed E-state index contributed by atoms with van der Waals surface area (Å²) in [4.78, 5) is 10.9. The molecule has 1 aromatic carbocycles. The normalized spacial score (nSPS) is 15.3. The fourth-order valence-electron chi connectivity index (χ4n) is 1.24. The minimum atomic E-state index is -0.321. The quantitative estimate of drug-likeness (QED) is 0.819. The fourth-order valence-corrected chi connectivity index (χ4v) is 1.82.